The van der Waals surface area contributed by atoms with E-state index in [0.29, 0.717) is 25.8 Å². The summed E-state index contributed by atoms with van der Waals surface area (Å²) >= 11 is 0. The fraction of sp³-hybridized carbons (Fsp3) is 0.379. The summed E-state index contributed by atoms with van der Waals surface area (Å²) in [7, 11) is 0. The first-order valence-corrected chi connectivity index (χ1v) is 12.1. The minimum Gasteiger partial charge on any atom is -0.352 e. The second-order valence-electron chi connectivity index (χ2n) is 8.70. The lowest BCUT2D eigenvalue weighted by atomic mass is 10.00. The van der Waals surface area contributed by atoms with E-state index < -0.39 is 6.04 Å². The number of benzene rings is 3. The van der Waals surface area contributed by atoms with Crippen LogP contribution >= 0.6 is 0 Å². The van der Waals surface area contributed by atoms with Crippen LogP contribution in [0.4, 0.5) is 0 Å². The highest BCUT2D eigenvalue weighted by Crippen LogP contribution is 2.21. The van der Waals surface area contributed by atoms with Crippen molar-refractivity contribution in [1.29, 1.82) is 0 Å². The predicted octanol–water partition coefficient (Wildman–Crippen LogP) is 5.54. The van der Waals surface area contributed by atoms with Gasteiger partial charge in [0.05, 0.1) is 0 Å². The van der Waals surface area contributed by atoms with Crippen molar-refractivity contribution in [3.05, 3.63) is 83.9 Å². The molecule has 0 spiro atoms. The van der Waals surface area contributed by atoms with Crippen molar-refractivity contribution in [2.45, 2.75) is 65.0 Å². The third-order valence-electron chi connectivity index (χ3n) is 6.36. The maximum atomic E-state index is 13.5. The first kappa shape index (κ1) is 24.5. The largest absolute Gasteiger partial charge is 0.352 e. The van der Waals surface area contributed by atoms with E-state index in [1.165, 1.54) is 21.9 Å². The fourth-order valence-corrected chi connectivity index (χ4v) is 4.23. The number of amides is 2. The topological polar surface area (TPSA) is 49.4 Å². The molecular weight excluding hydrogens is 408 g/mol. The van der Waals surface area contributed by atoms with Crippen LogP contribution in [0.1, 0.15) is 51.2 Å². The molecule has 0 aliphatic heterocycles. The Balaban J connectivity index is 1.77. The first-order chi connectivity index (χ1) is 16.0. The molecule has 0 unspecified atom stereocenters. The van der Waals surface area contributed by atoms with Crippen molar-refractivity contribution in [3.63, 3.8) is 0 Å². The van der Waals surface area contributed by atoms with Gasteiger partial charge in [-0.3, -0.25) is 9.59 Å². The van der Waals surface area contributed by atoms with E-state index in [4.69, 9.17) is 0 Å². The van der Waals surface area contributed by atoms with Crippen molar-refractivity contribution in [1.82, 2.24) is 10.2 Å². The van der Waals surface area contributed by atoms with Gasteiger partial charge in [-0.15, -0.1) is 0 Å². The van der Waals surface area contributed by atoms with Gasteiger partial charge in [-0.05, 0) is 54.5 Å². The molecule has 0 saturated carbocycles. The number of nitrogens with zero attached hydrogens (tertiary/aromatic N) is 1. The molecule has 33 heavy (non-hydrogen) atoms. The van der Waals surface area contributed by atoms with Crippen molar-refractivity contribution in [2.75, 3.05) is 6.54 Å². The number of fused-ring (bicyclic) bond motifs is 1. The van der Waals surface area contributed by atoms with E-state index in [1.807, 2.05) is 50.2 Å². The molecule has 0 aliphatic rings. The van der Waals surface area contributed by atoms with Gasteiger partial charge in [0, 0.05) is 19.0 Å². The molecule has 3 aromatic carbocycles. The Kier molecular flexibility index (Phi) is 9.05. The highest BCUT2D eigenvalue weighted by Gasteiger charge is 2.28. The highest BCUT2D eigenvalue weighted by molar-refractivity contribution is 5.89. The lowest BCUT2D eigenvalue weighted by molar-refractivity contribution is -0.141. The van der Waals surface area contributed by atoms with Crippen LogP contribution in [-0.2, 0) is 22.4 Å². The van der Waals surface area contributed by atoms with Crippen LogP contribution in [0.3, 0.4) is 0 Å². The average molecular weight is 445 g/mol. The van der Waals surface area contributed by atoms with Gasteiger partial charge in [0.1, 0.15) is 6.04 Å². The highest BCUT2D eigenvalue weighted by atomic mass is 16.2. The molecule has 0 saturated heterocycles. The van der Waals surface area contributed by atoms with E-state index in [-0.39, 0.29) is 17.9 Å². The third-order valence-corrected chi connectivity index (χ3v) is 6.36. The number of carbonyl (C=O) groups excluding carboxylic acids is 2. The monoisotopic (exact) mass is 444 g/mol. The SMILES string of the molecule is CC[C@@H](C)NC(=O)[C@H](CC)N(CCc1ccccc1)C(=O)CCc1cccc2ccccc12. The third kappa shape index (κ3) is 6.67. The van der Waals surface area contributed by atoms with E-state index in [0.717, 1.165) is 12.8 Å². The Morgan fingerprint density at radius 3 is 2.27 bits per heavy atom. The van der Waals surface area contributed by atoms with Crippen molar-refractivity contribution >= 4 is 22.6 Å². The molecule has 0 radical (unpaired) electrons. The molecule has 0 aliphatic carbocycles. The Morgan fingerprint density at radius 1 is 0.848 bits per heavy atom. The summed E-state index contributed by atoms with van der Waals surface area (Å²) in [6.07, 6.45) is 3.23. The summed E-state index contributed by atoms with van der Waals surface area (Å²) in [5.74, 6) is -0.0246. The minimum absolute atomic E-state index is 0.0324. The molecule has 0 aromatic heterocycles. The van der Waals surface area contributed by atoms with Gasteiger partial charge < -0.3 is 10.2 Å². The van der Waals surface area contributed by atoms with Crippen LogP contribution < -0.4 is 5.32 Å². The van der Waals surface area contributed by atoms with Crippen LogP contribution in [0, 0.1) is 0 Å². The molecule has 0 bridgehead atoms. The van der Waals surface area contributed by atoms with Gasteiger partial charge in [-0.25, -0.2) is 0 Å². The molecule has 2 amide bonds. The average Bonchev–Trinajstić information content (AvgIpc) is 2.85. The van der Waals surface area contributed by atoms with Crippen molar-refractivity contribution in [3.8, 4) is 0 Å². The predicted molar refractivity (Wildman–Crippen MR) is 136 cm³/mol. The van der Waals surface area contributed by atoms with E-state index >= 15 is 0 Å². The molecule has 4 heteroatoms. The van der Waals surface area contributed by atoms with E-state index in [1.54, 1.807) is 4.90 Å². The van der Waals surface area contributed by atoms with Crippen LogP contribution in [0.2, 0.25) is 0 Å². The molecule has 0 heterocycles. The molecule has 3 aromatic rings. The van der Waals surface area contributed by atoms with Crippen LogP contribution in [0.25, 0.3) is 10.8 Å². The molecule has 0 fully saturated rings. The van der Waals surface area contributed by atoms with E-state index in [2.05, 4.69) is 48.6 Å². The maximum absolute atomic E-state index is 13.5. The fourth-order valence-electron chi connectivity index (χ4n) is 4.23. The van der Waals surface area contributed by atoms with Crippen molar-refractivity contribution < 1.29 is 9.59 Å². The molecule has 2 atom stereocenters. The van der Waals surface area contributed by atoms with E-state index in [9.17, 15) is 9.59 Å². The number of hydrogen-bond acceptors (Lipinski definition) is 2. The van der Waals surface area contributed by atoms with Gasteiger partial charge in [-0.2, -0.15) is 0 Å². The second-order valence-corrected chi connectivity index (χ2v) is 8.70. The zero-order valence-electron chi connectivity index (χ0n) is 20.1. The molecule has 3 rings (SSSR count). The zero-order valence-corrected chi connectivity index (χ0v) is 20.1. The summed E-state index contributed by atoms with van der Waals surface area (Å²) < 4.78 is 0. The lowest BCUT2D eigenvalue weighted by Crippen LogP contribution is -2.51. The van der Waals surface area contributed by atoms with Crippen LogP contribution in [0.5, 0.6) is 0 Å². The summed E-state index contributed by atoms with van der Waals surface area (Å²) in [5, 5.41) is 5.45. The lowest BCUT2D eigenvalue weighted by Gasteiger charge is -2.31. The van der Waals surface area contributed by atoms with Gasteiger partial charge >= 0.3 is 0 Å². The molecule has 4 nitrogen and oxygen atoms in total. The summed E-state index contributed by atoms with van der Waals surface area (Å²) in [6.45, 7) is 6.56. The molecule has 1 N–H and O–H groups in total. The van der Waals surface area contributed by atoms with Crippen LogP contribution in [0.15, 0.2) is 72.8 Å². The van der Waals surface area contributed by atoms with Gasteiger partial charge in [-0.1, -0.05) is 86.6 Å². The summed E-state index contributed by atoms with van der Waals surface area (Å²) in [6, 6.07) is 24.3. The van der Waals surface area contributed by atoms with Crippen LogP contribution in [-0.4, -0.2) is 35.3 Å². The Bertz CT molecular complexity index is 1040. The number of carbonyl (C=O) groups is 2. The van der Waals surface area contributed by atoms with Gasteiger partial charge in [0.25, 0.3) is 0 Å². The zero-order chi connectivity index (χ0) is 23.6. The Labute approximate surface area is 198 Å². The number of nitrogens with one attached hydrogen (secondary N) is 1. The Morgan fingerprint density at radius 2 is 1.55 bits per heavy atom. The first-order valence-electron chi connectivity index (χ1n) is 12.1. The molecule has 174 valence electrons. The number of rotatable bonds is 11. The second kappa shape index (κ2) is 12.2. The number of aryl methyl sites for hydroxylation is 1. The minimum atomic E-state index is -0.456. The quantitative estimate of drug-likeness (QED) is 0.422. The Hall–Kier alpha value is -3.14. The summed E-state index contributed by atoms with van der Waals surface area (Å²) in [5.41, 5.74) is 2.34. The maximum Gasteiger partial charge on any atom is 0.243 e. The molecular formula is C29H36N2O2. The van der Waals surface area contributed by atoms with Crippen molar-refractivity contribution in [2.24, 2.45) is 0 Å². The standard InChI is InChI=1S/C29H36N2O2/c1-4-22(3)30-29(33)27(5-2)31(21-20-23-12-7-6-8-13-23)28(32)19-18-25-16-11-15-24-14-9-10-17-26(24)25/h6-17,22,27H,4-5,18-21H2,1-3H3,(H,30,33)/t22-,27+/m1/s1. The van der Waals surface area contributed by atoms with Gasteiger partial charge in [0.2, 0.25) is 11.8 Å². The smallest absolute Gasteiger partial charge is 0.243 e. The van der Waals surface area contributed by atoms with Gasteiger partial charge in [0.15, 0.2) is 0 Å². The normalized spacial score (nSPS) is 12.8. The number of hydrogen-bond donors (Lipinski definition) is 1. The summed E-state index contributed by atoms with van der Waals surface area (Å²) in [4.78, 5) is 28.3.